The topological polar surface area (TPSA) is 69.0 Å². The van der Waals surface area contributed by atoms with Crippen molar-refractivity contribution < 1.29 is 14.4 Å². The summed E-state index contributed by atoms with van der Waals surface area (Å²) in [5.41, 5.74) is 2.06. The Hall–Kier alpha value is -1.78. The number of carbonyl (C=O) groups excluding carboxylic acids is 3. The summed E-state index contributed by atoms with van der Waals surface area (Å²) in [5.74, 6) is -1.52. The van der Waals surface area contributed by atoms with Gasteiger partial charge in [0.25, 0.3) is 0 Å². The number of hydrogen-bond acceptors (Lipinski definition) is 4. The first-order valence-corrected chi connectivity index (χ1v) is 8.01. The van der Waals surface area contributed by atoms with Crippen LogP contribution in [0.1, 0.15) is 50.4 Å². The molecule has 0 saturated heterocycles. The van der Waals surface area contributed by atoms with Crippen molar-refractivity contribution in [1.29, 1.82) is 0 Å². The molecule has 0 radical (unpaired) electrons. The Bertz CT molecular complexity index is 571. The fraction of sp³-hybridized carbons (Fsp3) is 0.647. The van der Waals surface area contributed by atoms with E-state index < -0.39 is 5.92 Å². The molecule has 22 heavy (non-hydrogen) atoms. The second-order valence-corrected chi connectivity index (χ2v) is 6.30. The van der Waals surface area contributed by atoms with E-state index in [1.165, 1.54) is 0 Å². The molecule has 0 unspecified atom stereocenters. The summed E-state index contributed by atoms with van der Waals surface area (Å²) in [6.07, 6.45) is 2.42. The van der Waals surface area contributed by atoms with E-state index in [-0.39, 0.29) is 23.3 Å². The van der Waals surface area contributed by atoms with Crippen molar-refractivity contribution in [2.75, 3.05) is 0 Å². The van der Waals surface area contributed by atoms with Crippen LogP contribution in [0.4, 0.5) is 0 Å². The summed E-state index contributed by atoms with van der Waals surface area (Å²) in [5, 5.41) is 4.39. The summed E-state index contributed by atoms with van der Waals surface area (Å²) in [6, 6.07) is 2.01. The van der Waals surface area contributed by atoms with Gasteiger partial charge in [-0.2, -0.15) is 5.10 Å². The number of rotatable bonds is 6. The van der Waals surface area contributed by atoms with Crippen LogP contribution in [0.2, 0.25) is 0 Å². The van der Waals surface area contributed by atoms with Gasteiger partial charge in [-0.25, -0.2) is 0 Å². The third-order valence-corrected chi connectivity index (χ3v) is 4.29. The molecule has 1 fully saturated rings. The standard InChI is InChI=1S/C17H24N2O3/c1-4-5-14(20)17-15(21)9-13(10-16(17)22)6-7-19-12(3)8-11(2)18-19/h8,13,17H,4-7,9-10H2,1-3H3. The minimum Gasteiger partial charge on any atom is -0.298 e. The Kier molecular flexibility index (Phi) is 5.27. The lowest BCUT2D eigenvalue weighted by Gasteiger charge is -2.25. The van der Waals surface area contributed by atoms with E-state index in [1.54, 1.807) is 0 Å². The van der Waals surface area contributed by atoms with Gasteiger partial charge in [-0.3, -0.25) is 19.1 Å². The molecular weight excluding hydrogens is 280 g/mol. The molecule has 0 spiro atoms. The molecule has 1 aromatic rings. The minimum atomic E-state index is -0.982. The molecule has 0 bridgehead atoms. The van der Waals surface area contributed by atoms with Crippen LogP contribution in [0.5, 0.6) is 0 Å². The highest BCUT2D eigenvalue weighted by molar-refractivity contribution is 6.20. The van der Waals surface area contributed by atoms with Crippen molar-refractivity contribution in [2.45, 2.75) is 59.4 Å². The van der Waals surface area contributed by atoms with Gasteiger partial charge in [-0.15, -0.1) is 0 Å². The molecule has 0 amide bonds. The fourth-order valence-electron chi connectivity index (χ4n) is 3.22. The average Bonchev–Trinajstić information content (AvgIpc) is 2.74. The maximum atomic E-state index is 12.1. The molecule has 0 aliphatic heterocycles. The second kappa shape index (κ2) is 6.99. The fourth-order valence-corrected chi connectivity index (χ4v) is 3.22. The molecule has 0 aromatic carbocycles. The van der Waals surface area contributed by atoms with Gasteiger partial charge in [0.2, 0.25) is 0 Å². The van der Waals surface area contributed by atoms with E-state index in [2.05, 4.69) is 5.10 Å². The molecule has 1 saturated carbocycles. The van der Waals surface area contributed by atoms with Gasteiger partial charge < -0.3 is 0 Å². The van der Waals surface area contributed by atoms with Crippen molar-refractivity contribution in [2.24, 2.45) is 11.8 Å². The van der Waals surface area contributed by atoms with Crippen LogP contribution in [0, 0.1) is 25.7 Å². The number of aryl methyl sites for hydroxylation is 3. The summed E-state index contributed by atoms with van der Waals surface area (Å²) in [6.45, 7) is 6.53. The van der Waals surface area contributed by atoms with Gasteiger partial charge in [-0.05, 0) is 38.7 Å². The third kappa shape index (κ3) is 3.70. The van der Waals surface area contributed by atoms with Crippen LogP contribution in [-0.4, -0.2) is 27.1 Å². The highest BCUT2D eigenvalue weighted by Gasteiger charge is 2.39. The molecule has 0 atom stereocenters. The van der Waals surface area contributed by atoms with Crippen molar-refractivity contribution in [3.8, 4) is 0 Å². The molecule has 5 heteroatoms. The zero-order valence-corrected chi connectivity index (χ0v) is 13.6. The van der Waals surface area contributed by atoms with Crippen LogP contribution in [-0.2, 0) is 20.9 Å². The van der Waals surface area contributed by atoms with Crippen LogP contribution < -0.4 is 0 Å². The summed E-state index contributed by atoms with van der Waals surface area (Å²) in [4.78, 5) is 36.2. The third-order valence-electron chi connectivity index (χ3n) is 4.29. The molecule has 1 heterocycles. The lowest BCUT2D eigenvalue weighted by Crippen LogP contribution is -2.38. The normalized spacial score (nSPS) is 22.1. The van der Waals surface area contributed by atoms with Gasteiger partial charge in [-0.1, -0.05) is 6.92 Å². The van der Waals surface area contributed by atoms with Crippen LogP contribution in [0.15, 0.2) is 6.07 Å². The predicted octanol–water partition coefficient (Wildman–Crippen LogP) is 2.42. The van der Waals surface area contributed by atoms with Crippen molar-refractivity contribution in [1.82, 2.24) is 9.78 Å². The molecular formula is C17H24N2O3. The summed E-state index contributed by atoms with van der Waals surface area (Å²) < 4.78 is 1.92. The number of hydrogen-bond donors (Lipinski definition) is 0. The van der Waals surface area contributed by atoms with E-state index in [9.17, 15) is 14.4 Å². The smallest absolute Gasteiger partial charge is 0.151 e. The lowest BCUT2D eigenvalue weighted by atomic mass is 9.76. The molecule has 1 aromatic heterocycles. The highest BCUT2D eigenvalue weighted by atomic mass is 16.2. The SMILES string of the molecule is CCCC(=O)C1C(=O)CC(CCn2nc(C)cc2C)CC1=O. The lowest BCUT2D eigenvalue weighted by molar-refractivity contribution is -0.143. The monoisotopic (exact) mass is 304 g/mol. The largest absolute Gasteiger partial charge is 0.298 e. The number of nitrogens with zero attached hydrogens (tertiary/aromatic N) is 2. The molecule has 1 aliphatic carbocycles. The van der Waals surface area contributed by atoms with Gasteiger partial charge in [0.05, 0.1) is 5.69 Å². The Morgan fingerprint density at radius 1 is 1.27 bits per heavy atom. The summed E-state index contributed by atoms with van der Waals surface area (Å²) >= 11 is 0. The van der Waals surface area contributed by atoms with Crippen LogP contribution >= 0.6 is 0 Å². The second-order valence-electron chi connectivity index (χ2n) is 6.30. The first-order valence-electron chi connectivity index (χ1n) is 8.01. The maximum absolute atomic E-state index is 12.1. The Labute approximate surface area is 131 Å². The first-order chi connectivity index (χ1) is 10.4. The first kappa shape index (κ1) is 16.6. The van der Waals surface area contributed by atoms with E-state index in [0.717, 1.165) is 17.8 Å². The number of carbonyl (C=O) groups is 3. The predicted molar refractivity (Wildman–Crippen MR) is 82.5 cm³/mol. The highest BCUT2D eigenvalue weighted by Crippen LogP contribution is 2.27. The van der Waals surface area contributed by atoms with E-state index in [0.29, 0.717) is 32.2 Å². The molecule has 5 nitrogen and oxygen atoms in total. The van der Waals surface area contributed by atoms with E-state index in [1.807, 2.05) is 31.5 Å². The van der Waals surface area contributed by atoms with E-state index in [4.69, 9.17) is 0 Å². The molecule has 0 N–H and O–H groups in total. The Morgan fingerprint density at radius 3 is 2.41 bits per heavy atom. The van der Waals surface area contributed by atoms with Gasteiger partial charge >= 0.3 is 0 Å². The Morgan fingerprint density at radius 2 is 1.91 bits per heavy atom. The van der Waals surface area contributed by atoms with Crippen LogP contribution in [0.25, 0.3) is 0 Å². The zero-order chi connectivity index (χ0) is 16.3. The van der Waals surface area contributed by atoms with Gasteiger partial charge in [0.1, 0.15) is 5.92 Å². The van der Waals surface area contributed by atoms with Crippen LogP contribution in [0.3, 0.4) is 0 Å². The van der Waals surface area contributed by atoms with Crippen molar-refractivity contribution >= 4 is 17.3 Å². The van der Waals surface area contributed by atoms with Crippen molar-refractivity contribution in [3.05, 3.63) is 17.5 Å². The molecule has 2 rings (SSSR count). The number of aromatic nitrogens is 2. The van der Waals surface area contributed by atoms with Crippen molar-refractivity contribution in [3.63, 3.8) is 0 Å². The molecule has 120 valence electrons. The minimum absolute atomic E-state index is 0.0367. The zero-order valence-electron chi connectivity index (χ0n) is 13.6. The average molecular weight is 304 g/mol. The van der Waals surface area contributed by atoms with Gasteiger partial charge in [0, 0.05) is 31.5 Å². The molecule has 1 aliphatic rings. The van der Waals surface area contributed by atoms with E-state index >= 15 is 0 Å². The number of Topliss-reactive ketones (excluding diaryl/α,β-unsaturated/α-hetero) is 3. The van der Waals surface area contributed by atoms with Gasteiger partial charge in [0.15, 0.2) is 17.3 Å². The Balaban J connectivity index is 1.94. The summed E-state index contributed by atoms with van der Waals surface area (Å²) in [7, 11) is 0. The number of ketones is 3. The maximum Gasteiger partial charge on any atom is 0.151 e. The quantitative estimate of drug-likeness (QED) is 0.757.